The first-order valence-electron chi connectivity index (χ1n) is 8.50. The van der Waals surface area contributed by atoms with Gasteiger partial charge in [0.2, 0.25) is 0 Å². The predicted molar refractivity (Wildman–Crippen MR) is 104 cm³/mol. The highest BCUT2D eigenvalue weighted by Gasteiger charge is 2.53. The Kier molecular flexibility index (Phi) is 5.04. The number of fused-ring (bicyclic) bond motifs is 1. The first-order valence-corrected chi connectivity index (χ1v) is 8.50. The van der Waals surface area contributed by atoms with Crippen LogP contribution in [0.5, 0.6) is 5.75 Å². The number of ether oxygens (including phenoxy) is 1. The van der Waals surface area contributed by atoms with Gasteiger partial charge in [0, 0.05) is 25.6 Å². The molecule has 0 radical (unpaired) electrons. The zero-order valence-corrected chi connectivity index (χ0v) is 16.0. The second-order valence-corrected chi connectivity index (χ2v) is 6.93. The van der Waals surface area contributed by atoms with E-state index in [0.717, 1.165) is 37.2 Å². The Morgan fingerprint density at radius 1 is 1.26 bits per heavy atom. The Morgan fingerprint density at radius 3 is 2.74 bits per heavy atom. The van der Waals surface area contributed by atoms with Crippen molar-refractivity contribution in [3.8, 4) is 5.75 Å². The van der Waals surface area contributed by atoms with Gasteiger partial charge in [0.15, 0.2) is 5.96 Å². The highest BCUT2D eigenvalue weighted by Crippen LogP contribution is 2.60. The maximum absolute atomic E-state index is 5.73. The molecule has 4 rings (SSSR count). The standard InChI is InChI=1S/C18H25N3O.HI/c1-19-17(20-12-18(9-10-18)13-6-7-13)21-15-8-11-22-16-5-3-2-4-14(15)16;/h2-5,13,15H,6-12H2,1H3,(H2,19,20,21);1H. The number of hydrogen-bond acceptors (Lipinski definition) is 2. The summed E-state index contributed by atoms with van der Waals surface area (Å²) in [5.41, 5.74) is 1.82. The average Bonchev–Trinajstić information content (AvgIpc) is 3.44. The fraction of sp³-hybridized carbons (Fsp3) is 0.611. The van der Waals surface area contributed by atoms with Crippen molar-refractivity contribution >= 4 is 29.9 Å². The van der Waals surface area contributed by atoms with Crippen molar-refractivity contribution in [1.82, 2.24) is 10.6 Å². The van der Waals surface area contributed by atoms with Crippen LogP contribution in [-0.4, -0.2) is 26.2 Å². The molecule has 0 spiro atoms. The zero-order chi connectivity index (χ0) is 15.0. The van der Waals surface area contributed by atoms with Gasteiger partial charge in [-0.2, -0.15) is 0 Å². The molecule has 1 aromatic carbocycles. The van der Waals surface area contributed by atoms with Crippen LogP contribution in [0.4, 0.5) is 0 Å². The lowest BCUT2D eigenvalue weighted by Gasteiger charge is -2.28. The quantitative estimate of drug-likeness (QED) is 0.440. The molecular formula is C18H26IN3O. The number of guanidine groups is 1. The molecule has 1 unspecified atom stereocenters. The molecule has 1 heterocycles. The van der Waals surface area contributed by atoms with Gasteiger partial charge in [-0.3, -0.25) is 4.99 Å². The van der Waals surface area contributed by atoms with Crippen LogP contribution < -0.4 is 15.4 Å². The molecule has 2 fully saturated rings. The number of hydrogen-bond donors (Lipinski definition) is 2. The number of benzene rings is 1. The molecule has 0 bridgehead atoms. The van der Waals surface area contributed by atoms with Crippen LogP contribution in [0.25, 0.3) is 0 Å². The molecule has 1 atom stereocenters. The molecule has 2 N–H and O–H groups in total. The van der Waals surface area contributed by atoms with Crippen molar-refractivity contribution < 1.29 is 4.74 Å². The van der Waals surface area contributed by atoms with Gasteiger partial charge in [0.25, 0.3) is 0 Å². The Balaban J connectivity index is 0.00000156. The molecule has 2 saturated carbocycles. The second-order valence-electron chi connectivity index (χ2n) is 6.93. The van der Waals surface area contributed by atoms with E-state index in [4.69, 9.17) is 4.74 Å². The fourth-order valence-corrected chi connectivity index (χ4v) is 3.70. The minimum Gasteiger partial charge on any atom is -0.493 e. The number of nitrogens with one attached hydrogen (secondary N) is 2. The molecule has 1 aromatic rings. The average molecular weight is 427 g/mol. The number of para-hydroxylation sites is 1. The highest BCUT2D eigenvalue weighted by atomic mass is 127. The van der Waals surface area contributed by atoms with Crippen molar-refractivity contribution in [3.05, 3.63) is 29.8 Å². The molecule has 0 amide bonds. The predicted octanol–water partition coefficient (Wildman–Crippen LogP) is 3.48. The second kappa shape index (κ2) is 6.87. The molecule has 2 aliphatic carbocycles. The fourth-order valence-electron chi connectivity index (χ4n) is 3.70. The molecule has 5 heteroatoms. The summed E-state index contributed by atoms with van der Waals surface area (Å²) in [6, 6.07) is 8.58. The van der Waals surface area contributed by atoms with Gasteiger partial charge in [-0.05, 0) is 43.1 Å². The largest absolute Gasteiger partial charge is 0.493 e. The van der Waals surface area contributed by atoms with E-state index in [1.807, 2.05) is 19.2 Å². The Hall–Kier alpha value is -0.980. The molecule has 4 nitrogen and oxygen atoms in total. The van der Waals surface area contributed by atoms with Crippen molar-refractivity contribution in [3.63, 3.8) is 0 Å². The van der Waals surface area contributed by atoms with Crippen LogP contribution >= 0.6 is 24.0 Å². The van der Waals surface area contributed by atoms with Crippen LogP contribution in [-0.2, 0) is 0 Å². The smallest absolute Gasteiger partial charge is 0.191 e. The van der Waals surface area contributed by atoms with Gasteiger partial charge in [-0.15, -0.1) is 24.0 Å². The molecule has 0 aromatic heterocycles. The van der Waals surface area contributed by atoms with E-state index < -0.39 is 0 Å². The number of halogens is 1. The van der Waals surface area contributed by atoms with Gasteiger partial charge in [0.05, 0.1) is 12.6 Å². The molecule has 126 valence electrons. The minimum absolute atomic E-state index is 0. The van der Waals surface area contributed by atoms with Crippen LogP contribution in [0, 0.1) is 11.3 Å². The molecule has 23 heavy (non-hydrogen) atoms. The van der Waals surface area contributed by atoms with Crippen LogP contribution in [0.15, 0.2) is 29.3 Å². The molecule has 1 aliphatic heterocycles. The van der Waals surface area contributed by atoms with E-state index in [-0.39, 0.29) is 30.0 Å². The summed E-state index contributed by atoms with van der Waals surface area (Å²) in [5, 5.41) is 7.15. The van der Waals surface area contributed by atoms with Crippen molar-refractivity contribution in [2.75, 3.05) is 20.2 Å². The van der Waals surface area contributed by atoms with Crippen LogP contribution in [0.2, 0.25) is 0 Å². The van der Waals surface area contributed by atoms with E-state index in [2.05, 4.69) is 27.8 Å². The summed E-state index contributed by atoms with van der Waals surface area (Å²) in [5.74, 6) is 2.90. The SMILES string of the molecule is CN=C(NCC1(C2CC2)CC1)NC1CCOc2ccccc21.I. The summed E-state index contributed by atoms with van der Waals surface area (Å²) in [6.07, 6.45) is 6.62. The lowest BCUT2D eigenvalue weighted by atomic mass is 10.0. The van der Waals surface area contributed by atoms with E-state index in [9.17, 15) is 0 Å². The maximum Gasteiger partial charge on any atom is 0.191 e. The summed E-state index contributed by atoms with van der Waals surface area (Å²) in [6.45, 7) is 1.83. The molecule has 0 saturated heterocycles. The minimum atomic E-state index is 0. The zero-order valence-electron chi connectivity index (χ0n) is 13.7. The lowest BCUT2D eigenvalue weighted by molar-refractivity contribution is 0.261. The van der Waals surface area contributed by atoms with Crippen LogP contribution in [0.3, 0.4) is 0 Å². The van der Waals surface area contributed by atoms with E-state index in [0.29, 0.717) is 5.41 Å². The van der Waals surface area contributed by atoms with Crippen LogP contribution in [0.1, 0.15) is 43.7 Å². The lowest BCUT2D eigenvalue weighted by Crippen LogP contribution is -2.43. The number of rotatable bonds is 4. The number of nitrogens with zero attached hydrogens (tertiary/aromatic N) is 1. The first kappa shape index (κ1) is 16.9. The topological polar surface area (TPSA) is 45.7 Å². The Bertz CT molecular complexity index is 581. The third kappa shape index (κ3) is 3.59. The summed E-state index contributed by atoms with van der Waals surface area (Å²) >= 11 is 0. The Morgan fingerprint density at radius 2 is 2.04 bits per heavy atom. The third-order valence-corrected chi connectivity index (χ3v) is 5.44. The number of aliphatic imine (C=N–C) groups is 1. The van der Waals surface area contributed by atoms with E-state index in [1.54, 1.807) is 0 Å². The Labute approximate surface area is 155 Å². The van der Waals surface area contributed by atoms with Crippen molar-refractivity contribution in [2.45, 2.75) is 38.1 Å². The van der Waals surface area contributed by atoms with Gasteiger partial charge in [-0.25, -0.2) is 0 Å². The molecule has 3 aliphatic rings. The van der Waals surface area contributed by atoms with Gasteiger partial charge < -0.3 is 15.4 Å². The van der Waals surface area contributed by atoms with Gasteiger partial charge in [0.1, 0.15) is 5.75 Å². The van der Waals surface area contributed by atoms with E-state index in [1.165, 1.54) is 31.2 Å². The van der Waals surface area contributed by atoms with Gasteiger partial charge >= 0.3 is 0 Å². The summed E-state index contributed by atoms with van der Waals surface area (Å²) < 4.78 is 5.73. The van der Waals surface area contributed by atoms with Crippen molar-refractivity contribution in [1.29, 1.82) is 0 Å². The first-order chi connectivity index (χ1) is 10.8. The normalized spacial score (nSPS) is 24.7. The summed E-state index contributed by atoms with van der Waals surface area (Å²) in [7, 11) is 1.86. The maximum atomic E-state index is 5.73. The summed E-state index contributed by atoms with van der Waals surface area (Å²) in [4.78, 5) is 4.42. The monoisotopic (exact) mass is 427 g/mol. The highest BCUT2D eigenvalue weighted by molar-refractivity contribution is 14.0. The van der Waals surface area contributed by atoms with Crippen molar-refractivity contribution in [2.24, 2.45) is 16.3 Å². The molecular weight excluding hydrogens is 401 g/mol. The third-order valence-electron chi connectivity index (χ3n) is 5.44. The van der Waals surface area contributed by atoms with Gasteiger partial charge in [-0.1, -0.05) is 18.2 Å². The van der Waals surface area contributed by atoms with E-state index >= 15 is 0 Å².